The maximum atomic E-state index is 13.9. The molecule has 0 aliphatic heterocycles. The number of carboxylic acid groups (broad SMARTS) is 4. The molecule has 0 aliphatic carbocycles. The molecule has 0 atom stereocenters. The van der Waals surface area contributed by atoms with Crippen molar-refractivity contribution < 1.29 is 105 Å². The first-order valence-electron chi connectivity index (χ1n) is 36.3. The van der Waals surface area contributed by atoms with Crippen molar-refractivity contribution in [3.05, 3.63) is 270 Å². The Morgan fingerprint density at radius 3 is 0.800 bits per heavy atom. The summed E-state index contributed by atoms with van der Waals surface area (Å²) in [5, 5.41) is 36.6. The number of carboxylic acids is 4. The van der Waals surface area contributed by atoms with Gasteiger partial charge in [-0.25, -0.2) is 41.3 Å². The summed E-state index contributed by atoms with van der Waals surface area (Å²) in [4.78, 5) is 90.5. The Kier molecular flexibility index (Phi) is 29.7. The van der Waals surface area contributed by atoms with E-state index in [9.17, 15) is 46.7 Å². The number of ether oxygens (including phenoxy) is 7. The minimum absolute atomic E-state index is 0.0371. The number of carbonyl (C=O) groups is 8. The van der Waals surface area contributed by atoms with Crippen molar-refractivity contribution in [3.63, 3.8) is 0 Å². The van der Waals surface area contributed by atoms with Gasteiger partial charge in [-0.05, 0) is 229 Å². The number of benzene rings is 9. The summed E-state index contributed by atoms with van der Waals surface area (Å²) in [6.45, 7) is 20.9. The molecule has 115 heavy (non-hydrogen) atoms. The van der Waals surface area contributed by atoms with E-state index in [1.807, 2.05) is 91.0 Å². The maximum absolute atomic E-state index is 13.9. The third-order valence-corrected chi connectivity index (χ3v) is 16.2. The lowest BCUT2D eigenvalue weighted by Gasteiger charge is -2.21. The van der Waals surface area contributed by atoms with Crippen LogP contribution in [0.3, 0.4) is 0 Å². The number of aliphatic carboxylic acids is 4. The van der Waals surface area contributed by atoms with Crippen LogP contribution in [0.5, 0.6) is 17.2 Å². The molecule has 3 aromatic heterocycles. The third-order valence-electron chi connectivity index (χ3n) is 16.2. The van der Waals surface area contributed by atoms with Crippen molar-refractivity contribution in [2.75, 3.05) is 6.61 Å². The summed E-state index contributed by atoms with van der Waals surface area (Å²) in [7, 11) is 0. The highest BCUT2D eigenvalue weighted by Crippen LogP contribution is 2.32. The largest absolute Gasteiger partial charge is 0.487 e. The number of rotatable bonds is 19. The van der Waals surface area contributed by atoms with Crippen LogP contribution < -0.4 is 14.2 Å². The Morgan fingerprint density at radius 1 is 0.339 bits per heavy atom. The number of hydrogen-bond donors (Lipinski definition) is 4. The second-order valence-corrected chi connectivity index (χ2v) is 29.2. The molecule has 12 rings (SSSR count). The molecule has 0 unspecified atom stereocenters. The zero-order valence-electron chi connectivity index (χ0n) is 65.6. The molecular weight excluding hydrogens is 1480 g/mol. The van der Waals surface area contributed by atoms with E-state index in [4.69, 9.17) is 53.6 Å². The van der Waals surface area contributed by atoms with Crippen LogP contribution in [0.1, 0.15) is 117 Å². The SMILES string of the molecule is CC(=O)O.CC(C)(C)OC(=O)n1c(COc2ccc(-c3cccc(CC(=O)O)c3)cc2)cc2ccc(F)cc21.CC(C)(C)OC(=O)n1c(COc2ccc(-c3cccc(CC(=O)O)c3)cc2)cc2ccc(F)cc21.CC(C)(C)OC(=O)n1c(COc2ccc(-c3cccc(CC(=O)O)c3)cc2)cc2ccc(F)cc21.CCOC(C)=O. The second kappa shape index (κ2) is 39.1. The van der Waals surface area contributed by atoms with E-state index >= 15 is 0 Å². The van der Waals surface area contributed by atoms with Crippen molar-refractivity contribution in [2.24, 2.45) is 0 Å². The van der Waals surface area contributed by atoms with Gasteiger partial charge < -0.3 is 53.6 Å². The highest BCUT2D eigenvalue weighted by atomic mass is 19.1. The molecule has 0 fully saturated rings. The summed E-state index contributed by atoms with van der Waals surface area (Å²) < 4.78 is 84.6. The number of aromatic nitrogens is 3. The third kappa shape index (κ3) is 26.9. The van der Waals surface area contributed by atoms with Gasteiger partial charge in [-0.2, -0.15) is 0 Å². The summed E-state index contributed by atoms with van der Waals surface area (Å²) in [6.07, 6.45) is -1.92. The Morgan fingerprint density at radius 2 is 0.591 bits per heavy atom. The van der Waals surface area contributed by atoms with Gasteiger partial charge in [-0.3, -0.25) is 24.0 Å². The first-order chi connectivity index (χ1) is 54.3. The molecule has 0 aliphatic rings. The average Bonchev–Trinajstić information content (AvgIpc) is 1.65. The van der Waals surface area contributed by atoms with Crippen LogP contribution in [0.4, 0.5) is 27.6 Å². The van der Waals surface area contributed by atoms with E-state index in [-0.39, 0.29) is 45.1 Å². The van der Waals surface area contributed by atoms with Gasteiger partial charge in [0.15, 0.2) is 0 Å². The highest BCUT2D eigenvalue weighted by Gasteiger charge is 2.27. The van der Waals surface area contributed by atoms with Crippen molar-refractivity contribution in [2.45, 2.75) is 139 Å². The lowest BCUT2D eigenvalue weighted by molar-refractivity contribution is -0.140. The zero-order valence-corrected chi connectivity index (χ0v) is 65.6. The van der Waals surface area contributed by atoms with Gasteiger partial charge in [0.2, 0.25) is 0 Å². The van der Waals surface area contributed by atoms with Gasteiger partial charge in [-0.15, -0.1) is 0 Å². The maximum Gasteiger partial charge on any atom is 0.419 e. The van der Waals surface area contributed by atoms with Crippen LogP contribution in [-0.2, 0) is 82.0 Å². The molecule has 3 heterocycles. The lowest BCUT2D eigenvalue weighted by Crippen LogP contribution is -2.28. The van der Waals surface area contributed by atoms with Crippen molar-refractivity contribution in [1.29, 1.82) is 0 Å². The number of esters is 1. The van der Waals surface area contributed by atoms with E-state index in [0.717, 1.165) is 57.0 Å². The minimum atomic E-state index is -0.877. The van der Waals surface area contributed by atoms with Crippen molar-refractivity contribution >= 4 is 80.8 Å². The van der Waals surface area contributed by atoms with Crippen LogP contribution in [0, 0.1) is 17.5 Å². The Hall–Kier alpha value is -13.5. The van der Waals surface area contributed by atoms with E-state index in [1.54, 1.807) is 160 Å². The molecular formula is C90H90F3N3O19. The summed E-state index contributed by atoms with van der Waals surface area (Å²) >= 11 is 0. The number of nitrogens with zero attached hydrogens (tertiary/aromatic N) is 3. The molecule has 12 aromatic rings. The van der Waals surface area contributed by atoms with Crippen LogP contribution in [0.25, 0.3) is 66.1 Å². The van der Waals surface area contributed by atoms with Crippen LogP contribution >= 0.6 is 0 Å². The van der Waals surface area contributed by atoms with Gasteiger partial charge in [0.1, 0.15) is 71.3 Å². The molecule has 0 amide bonds. The van der Waals surface area contributed by atoms with Crippen molar-refractivity contribution in [1.82, 2.24) is 13.7 Å². The monoisotopic (exact) mass is 1570 g/mol. The van der Waals surface area contributed by atoms with Crippen LogP contribution in [0.15, 0.2) is 218 Å². The second-order valence-electron chi connectivity index (χ2n) is 29.2. The zero-order chi connectivity index (χ0) is 84.1. The Labute approximate surface area is 662 Å². The fourth-order valence-electron chi connectivity index (χ4n) is 11.6. The molecule has 600 valence electrons. The summed E-state index contributed by atoms with van der Waals surface area (Å²) in [5.41, 5.74) is 8.34. The number of fused-ring (bicyclic) bond motifs is 3. The first kappa shape index (κ1) is 87.1. The Balaban J connectivity index is 0.000000203. The number of halogens is 3. The predicted octanol–water partition coefficient (Wildman–Crippen LogP) is 20.0. The van der Waals surface area contributed by atoms with Gasteiger partial charge >= 0.3 is 42.2 Å². The fraction of sp³-hybridized carbons (Fsp3) is 0.244. The standard InChI is InChI=1S/3C28H26FNO5.C4H8O2.C2H4O2/c3*1-28(2,3)35-27(33)30-23(15-21-7-10-22(29)16-25(21)30)17-34-24-11-8-19(9-12-24)20-6-4-5-18(13-20)14-26(31)32;1-3-6-4(2)5;1-2(3)4/h3*4-13,15-16H,14,17H2,1-3H3,(H,31,32);3H2,1-2H3;1H3,(H,3,4). The summed E-state index contributed by atoms with van der Waals surface area (Å²) in [5.74, 6) is -3.26. The number of hydrogen-bond acceptors (Lipinski definition) is 15. The molecule has 0 spiro atoms. The molecule has 0 saturated carbocycles. The highest BCUT2D eigenvalue weighted by molar-refractivity contribution is 5.93. The van der Waals surface area contributed by atoms with E-state index < -0.39 is 76.4 Å². The van der Waals surface area contributed by atoms with Gasteiger partial charge in [0.05, 0.1) is 59.5 Å². The first-order valence-corrected chi connectivity index (χ1v) is 36.3. The van der Waals surface area contributed by atoms with Gasteiger partial charge in [-0.1, -0.05) is 109 Å². The molecule has 0 radical (unpaired) electrons. The van der Waals surface area contributed by atoms with Crippen molar-refractivity contribution in [3.8, 4) is 50.6 Å². The molecule has 4 N–H and O–H groups in total. The summed E-state index contributed by atoms with van der Waals surface area (Å²) in [6, 6.07) is 62.4. The quantitative estimate of drug-likeness (QED) is 0.0432. The van der Waals surface area contributed by atoms with E-state index in [2.05, 4.69) is 4.74 Å². The molecule has 0 saturated heterocycles. The number of carbonyl (C=O) groups excluding carboxylic acids is 4. The lowest BCUT2D eigenvalue weighted by atomic mass is 10.0. The molecule has 9 aromatic carbocycles. The fourth-order valence-corrected chi connectivity index (χ4v) is 11.6. The molecule has 22 nitrogen and oxygen atoms in total. The Bertz CT molecular complexity index is 4940. The normalized spacial score (nSPS) is 11.1. The molecule has 25 heteroatoms. The predicted molar refractivity (Wildman–Crippen MR) is 429 cm³/mol. The topological polar surface area (TPSA) is 297 Å². The smallest absolute Gasteiger partial charge is 0.419 e. The van der Waals surface area contributed by atoms with Gasteiger partial charge in [0, 0.05) is 30.0 Å². The van der Waals surface area contributed by atoms with Crippen LogP contribution in [-0.4, -0.2) is 106 Å². The molecule has 0 bridgehead atoms. The van der Waals surface area contributed by atoms with E-state index in [1.165, 1.54) is 57.0 Å². The minimum Gasteiger partial charge on any atom is -0.487 e. The van der Waals surface area contributed by atoms with Crippen LogP contribution in [0.2, 0.25) is 0 Å². The van der Waals surface area contributed by atoms with Gasteiger partial charge in [0.25, 0.3) is 5.97 Å². The van der Waals surface area contributed by atoms with E-state index in [0.29, 0.717) is 73.6 Å². The average molecular weight is 1570 g/mol.